The Hall–Kier alpha value is -0.180. The van der Waals surface area contributed by atoms with Crippen LogP contribution in [0.5, 0.6) is 0 Å². The molecule has 0 N–H and O–H groups in total. The Labute approximate surface area is 106 Å². The zero-order valence-corrected chi connectivity index (χ0v) is 11.6. The molecule has 0 aromatic carbocycles. The van der Waals surface area contributed by atoms with E-state index in [4.69, 9.17) is 4.74 Å². The number of thiol groups is 1. The molecule has 0 aromatic rings. The molecule has 0 saturated carbocycles. The van der Waals surface area contributed by atoms with Gasteiger partial charge in [-0.2, -0.15) is 12.6 Å². The van der Waals surface area contributed by atoms with Gasteiger partial charge in [0.15, 0.2) is 0 Å². The number of carbonyl (C=O) groups is 1. The second-order valence-corrected chi connectivity index (χ2v) is 4.73. The molecule has 1 unspecified atom stereocenters. The average Bonchev–Trinajstić information content (AvgIpc) is 2.28. The van der Waals surface area contributed by atoms with Crippen molar-refractivity contribution in [3.8, 4) is 0 Å². The lowest BCUT2D eigenvalue weighted by atomic mass is 9.99. The van der Waals surface area contributed by atoms with Crippen molar-refractivity contribution >= 4 is 18.6 Å². The van der Waals surface area contributed by atoms with Crippen molar-refractivity contribution in [2.75, 3.05) is 12.4 Å². The van der Waals surface area contributed by atoms with E-state index in [0.717, 1.165) is 6.42 Å². The van der Waals surface area contributed by atoms with Crippen LogP contribution in [0.2, 0.25) is 0 Å². The molecule has 2 nitrogen and oxygen atoms in total. The summed E-state index contributed by atoms with van der Waals surface area (Å²) in [6.45, 7) is 4.97. The molecule has 0 bridgehead atoms. The normalized spacial score (nSPS) is 12.4. The number of carbonyl (C=O) groups excluding carboxylic acids is 1. The SMILES string of the molecule is CCCCCCC(CC)COC(=O)CCS. The largest absolute Gasteiger partial charge is 0.465 e. The minimum Gasteiger partial charge on any atom is -0.465 e. The van der Waals surface area contributed by atoms with Crippen LogP contribution in [0.15, 0.2) is 0 Å². The lowest BCUT2D eigenvalue weighted by Gasteiger charge is -2.14. The zero-order chi connectivity index (χ0) is 12.2. The lowest BCUT2D eigenvalue weighted by Crippen LogP contribution is -2.14. The minimum absolute atomic E-state index is 0.109. The van der Waals surface area contributed by atoms with Gasteiger partial charge in [-0.1, -0.05) is 46.0 Å². The predicted molar refractivity (Wildman–Crippen MR) is 72.0 cm³/mol. The first-order valence-corrected chi connectivity index (χ1v) is 7.14. The fourth-order valence-electron chi connectivity index (χ4n) is 1.64. The molecule has 0 aliphatic rings. The summed E-state index contributed by atoms with van der Waals surface area (Å²) >= 11 is 4.01. The molecular weight excluding hydrogens is 220 g/mol. The van der Waals surface area contributed by atoms with Crippen LogP contribution in [-0.4, -0.2) is 18.3 Å². The van der Waals surface area contributed by atoms with Crippen LogP contribution < -0.4 is 0 Å². The number of unbranched alkanes of at least 4 members (excludes halogenated alkanes) is 3. The molecule has 0 fully saturated rings. The molecule has 0 spiro atoms. The predicted octanol–water partition coefficient (Wildman–Crippen LogP) is 3.85. The Kier molecular flexibility index (Phi) is 11.2. The molecule has 0 amide bonds. The van der Waals surface area contributed by atoms with E-state index in [-0.39, 0.29) is 5.97 Å². The van der Waals surface area contributed by atoms with Gasteiger partial charge in [0.1, 0.15) is 0 Å². The number of esters is 1. The fourth-order valence-corrected chi connectivity index (χ4v) is 1.82. The quantitative estimate of drug-likeness (QED) is 0.360. The molecule has 16 heavy (non-hydrogen) atoms. The second kappa shape index (κ2) is 11.3. The lowest BCUT2D eigenvalue weighted by molar-refractivity contribution is -0.144. The van der Waals surface area contributed by atoms with E-state index in [2.05, 4.69) is 26.5 Å². The first-order chi connectivity index (χ1) is 7.74. The Morgan fingerprint density at radius 1 is 1.25 bits per heavy atom. The van der Waals surface area contributed by atoms with E-state index in [1.807, 2.05) is 0 Å². The highest BCUT2D eigenvalue weighted by atomic mass is 32.1. The number of hydrogen-bond acceptors (Lipinski definition) is 3. The molecule has 0 aromatic heterocycles. The molecule has 0 saturated heterocycles. The van der Waals surface area contributed by atoms with Crippen molar-refractivity contribution < 1.29 is 9.53 Å². The van der Waals surface area contributed by atoms with Gasteiger partial charge in [0.05, 0.1) is 13.0 Å². The van der Waals surface area contributed by atoms with Gasteiger partial charge < -0.3 is 4.74 Å². The first-order valence-electron chi connectivity index (χ1n) is 6.51. The Morgan fingerprint density at radius 2 is 2.00 bits per heavy atom. The summed E-state index contributed by atoms with van der Waals surface area (Å²) in [6.07, 6.45) is 7.86. The summed E-state index contributed by atoms with van der Waals surface area (Å²) in [4.78, 5) is 11.2. The van der Waals surface area contributed by atoms with Crippen molar-refractivity contribution in [2.24, 2.45) is 5.92 Å². The second-order valence-electron chi connectivity index (χ2n) is 4.28. The average molecular weight is 246 g/mol. The van der Waals surface area contributed by atoms with E-state index >= 15 is 0 Å². The molecule has 96 valence electrons. The summed E-state index contributed by atoms with van der Waals surface area (Å²) in [5, 5.41) is 0. The van der Waals surface area contributed by atoms with Gasteiger partial charge in [-0.25, -0.2) is 0 Å². The van der Waals surface area contributed by atoms with E-state index < -0.39 is 0 Å². The zero-order valence-electron chi connectivity index (χ0n) is 10.7. The third-order valence-electron chi connectivity index (χ3n) is 2.84. The van der Waals surface area contributed by atoms with Crippen LogP contribution in [0.1, 0.15) is 58.8 Å². The summed E-state index contributed by atoms with van der Waals surface area (Å²) < 4.78 is 5.20. The van der Waals surface area contributed by atoms with Crippen LogP contribution in [0.3, 0.4) is 0 Å². The van der Waals surface area contributed by atoms with Crippen molar-refractivity contribution in [2.45, 2.75) is 58.8 Å². The van der Waals surface area contributed by atoms with Crippen molar-refractivity contribution in [3.63, 3.8) is 0 Å². The highest BCUT2D eigenvalue weighted by Gasteiger charge is 2.09. The van der Waals surface area contributed by atoms with Gasteiger partial charge in [0, 0.05) is 5.75 Å². The maximum Gasteiger partial charge on any atom is 0.306 e. The highest BCUT2D eigenvalue weighted by Crippen LogP contribution is 2.14. The summed E-state index contributed by atoms with van der Waals surface area (Å²) in [6, 6.07) is 0. The van der Waals surface area contributed by atoms with Crippen LogP contribution >= 0.6 is 12.6 Å². The van der Waals surface area contributed by atoms with Gasteiger partial charge in [0.25, 0.3) is 0 Å². The Bertz CT molecular complexity index is 171. The standard InChI is InChI=1S/C13H26O2S/c1-3-5-6-7-8-12(4-2)11-15-13(14)9-10-16/h12,16H,3-11H2,1-2H3. The molecule has 0 aliphatic carbocycles. The van der Waals surface area contributed by atoms with Crippen LogP contribution in [0.25, 0.3) is 0 Å². The van der Waals surface area contributed by atoms with Crippen LogP contribution in [-0.2, 0) is 9.53 Å². The van der Waals surface area contributed by atoms with Gasteiger partial charge in [0.2, 0.25) is 0 Å². The minimum atomic E-state index is -0.109. The fraction of sp³-hybridized carbons (Fsp3) is 0.923. The van der Waals surface area contributed by atoms with E-state index in [0.29, 0.717) is 24.7 Å². The van der Waals surface area contributed by atoms with Gasteiger partial charge in [-0.15, -0.1) is 0 Å². The van der Waals surface area contributed by atoms with Crippen LogP contribution in [0.4, 0.5) is 0 Å². The monoisotopic (exact) mass is 246 g/mol. The van der Waals surface area contributed by atoms with E-state index in [1.165, 1.54) is 32.1 Å². The molecule has 0 rings (SSSR count). The molecule has 0 heterocycles. The molecule has 3 heteroatoms. The smallest absolute Gasteiger partial charge is 0.306 e. The third kappa shape index (κ3) is 9.08. The number of rotatable bonds is 10. The molecular formula is C13H26O2S. The Morgan fingerprint density at radius 3 is 2.56 bits per heavy atom. The number of hydrogen-bond donors (Lipinski definition) is 1. The van der Waals surface area contributed by atoms with Gasteiger partial charge >= 0.3 is 5.97 Å². The van der Waals surface area contributed by atoms with Crippen molar-refractivity contribution in [1.29, 1.82) is 0 Å². The molecule has 0 radical (unpaired) electrons. The van der Waals surface area contributed by atoms with Crippen LogP contribution in [0, 0.1) is 5.92 Å². The number of ether oxygens (including phenoxy) is 1. The van der Waals surface area contributed by atoms with E-state index in [9.17, 15) is 4.79 Å². The molecule has 1 atom stereocenters. The van der Waals surface area contributed by atoms with Crippen molar-refractivity contribution in [1.82, 2.24) is 0 Å². The summed E-state index contributed by atoms with van der Waals surface area (Å²) in [5.41, 5.74) is 0. The maximum atomic E-state index is 11.2. The Balaban J connectivity index is 3.54. The van der Waals surface area contributed by atoms with Crippen molar-refractivity contribution in [3.05, 3.63) is 0 Å². The third-order valence-corrected chi connectivity index (χ3v) is 3.06. The van der Waals surface area contributed by atoms with E-state index in [1.54, 1.807) is 0 Å². The summed E-state index contributed by atoms with van der Waals surface area (Å²) in [7, 11) is 0. The first kappa shape index (κ1) is 15.8. The summed E-state index contributed by atoms with van der Waals surface area (Å²) in [5.74, 6) is 1.01. The van der Waals surface area contributed by atoms with Gasteiger partial charge in [-0.3, -0.25) is 4.79 Å². The topological polar surface area (TPSA) is 26.3 Å². The molecule has 0 aliphatic heterocycles. The highest BCUT2D eigenvalue weighted by molar-refractivity contribution is 7.80. The maximum absolute atomic E-state index is 11.2. The van der Waals surface area contributed by atoms with Gasteiger partial charge in [-0.05, 0) is 12.3 Å².